The van der Waals surface area contributed by atoms with E-state index < -0.39 is 15.4 Å². The maximum absolute atomic E-state index is 12.0. The molecule has 1 unspecified atom stereocenters. The number of nitrogens with zero attached hydrogens (tertiary/aromatic N) is 2. The molecule has 200 valence electrons. The quantitative estimate of drug-likeness (QED) is 0.214. The number of benzene rings is 3. The minimum Gasteiger partial charge on any atom is -0.383 e. The van der Waals surface area contributed by atoms with Crippen LogP contribution in [0.1, 0.15) is 37.3 Å². The summed E-state index contributed by atoms with van der Waals surface area (Å²) in [7, 11) is -3.14. The fourth-order valence-electron chi connectivity index (χ4n) is 4.68. The molecule has 0 saturated carbocycles. The van der Waals surface area contributed by atoms with Crippen molar-refractivity contribution < 1.29 is 13.5 Å². The van der Waals surface area contributed by atoms with E-state index in [4.69, 9.17) is 16.6 Å². The van der Waals surface area contributed by atoms with E-state index in [9.17, 15) is 13.5 Å². The molecule has 0 aliphatic rings. The highest BCUT2D eigenvalue weighted by Crippen LogP contribution is 2.42. The summed E-state index contributed by atoms with van der Waals surface area (Å²) >= 11 is 7.61. The third-order valence-electron chi connectivity index (χ3n) is 6.55. The van der Waals surface area contributed by atoms with Gasteiger partial charge in [0.2, 0.25) is 0 Å². The smallest absolute Gasteiger partial charge is 0.148 e. The van der Waals surface area contributed by atoms with Crippen molar-refractivity contribution >= 4 is 43.7 Å². The van der Waals surface area contributed by atoms with Crippen LogP contribution in [0.4, 0.5) is 0 Å². The zero-order valence-corrected chi connectivity index (χ0v) is 24.5. The SMILES string of the molecule is CC(CS(C)(=O)=O)c1cc(-c2cccc(-c3nc(C(C)(C)O)sc3-c3ccc(Cl)cc3)c2)c2ncccc2c1. The first-order valence-electron chi connectivity index (χ1n) is 12.6. The van der Waals surface area contributed by atoms with Crippen LogP contribution in [-0.2, 0) is 15.4 Å². The molecule has 0 fully saturated rings. The van der Waals surface area contributed by atoms with E-state index in [1.807, 2.05) is 73.7 Å². The lowest BCUT2D eigenvalue weighted by Gasteiger charge is -2.15. The Morgan fingerprint density at radius 3 is 2.38 bits per heavy atom. The molecule has 5 nitrogen and oxygen atoms in total. The summed E-state index contributed by atoms with van der Waals surface area (Å²) in [6.07, 6.45) is 3.04. The van der Waals surface area contributed by atoms with Crippen molar-refractivity contribution in [2.45, 2.75) is 32.3 Å². The molecule has 1 atom stereocenters. The van der Waals surface area contributed by atoms with Gasteiger partial charge in [0, 0.05) is 34.0 Å². The maximum atomic E-state index is 12.0. The van der Waals surface area contributed by atoms with Crippen LogP contribution < -0.4 is 0 Å². The van der Waals surface area contributed by atoms with Gasteiger partial charge in [0.1, 0.15) is 20.4 Å². The van der Waals surface area contributed by atoms with Gasteiger partial charge in [0.25, 0.3) is 0 Å². The third kappa shape index (κ3) is 6.07. The molecule has 0 saturated heterocycles. The van der Waals surface area contributed by atoms with Gasteiger partial charge in [-0.2, -0.15) is 0 Å². The molecule has 0 aliphatic carbocycles. The van der Waals surface area contributed by atoms with Gasteiger partial charge in [-0.05, 0) is 72.9 Å². The van der Waals surface area contributed by atoms with Crippen LogP contribution >= 0.6 is 22.9 Å². The van der Waals surface area contributed by atoms with E-state index in [0.717, 1.165) is 49.3 Å². The molecule has 2 heterocycles. The third-order valence-corrected chi connectivity index (χ3v) is 9.33. The molecular weight excluding hydrogens is 548 g/mol. The maximum Gasteiger partial charge on any atom is 0.148 e. The molecule has 2 aromatic heterocycles. The number of sulfone groups is 1. The number of hydrogen-bond donors (Lipinski definition) is 1. The minimum atomic E-state index is -3.14. The number of aliphatic hydroxyl groups is 1. The van der Waals surface area contributed by atoms with Gasteiger partial charge >= 0.3 is 0 Å². The largest absolute Gasteiger partial charge is 0.383 e. The average Bonchev–Trinajstić information content (AvgIpc) is 3.34. The van der Waals surface area contributed by atoms with Gasteiger partial charge in [-0.25, -0.2) is 13.4 Å². The topological polar surface area (TPSA) is 80.2 Å². The lowest BCUT2D eigenvalue weighted by Crippen LogP contribution is -2.14. The Hall–Kier alpha value is -3.10. The molecule has 0 aliphatic heterocycles. The van der Waals surface area contributed by atoms with Gasteiger partial charge in [0.15, 0.2) is 0 Å². The number of aromatic nitrogens is 2. The Labute approximate surface area is 238 Å². The molecule has 5 aromatic rings. The van der Waals surface area contributed by atoms with Gasteiger partial charge < -0.3 is 5.11 Å². The summed E-state index contributed by atoms with van der Waals surface area (Å²) in [5, 5.41) is 13.0. The first-order valence-corrected chi connectivity index (χ1v) is 15.8. The average molecular weight is 577 g/mol. The second kappa shape index (κ2) is 10.5. The summed E-state index contributed by atoms with van der Waals surface area (Å²) in [6, 6.07) is 23.7. The summed E-state index contributed by atoms with van der Waals surface area (Å²) in [5.41, 5.74) is 5.23. The summed E-state index contributed by atoms with van der Waals surface area (Å²) in [6.45, 7) is 5.40. The van der Waals surface area contributed by atoms with Crippen LogP contribution in [0.5, 0.6) is 0 Å². The van der Waals surface area contributed by atoms with Gasteiger partial charge in [0.05, 0.1) is 21.8 Å². The molecule has 5 rings (SSSR count). The van der Waals surface area contributed by atoms with E-state index in [1.54, 1.807) is 20.0 Å². The first kappa shape index (κ1) is 27.5. The highest BCUT2D eigenvalue weighted by Gasteiger charge is 2.25. The van der Waals surface area contributed by atoms with Crippen LogP contribution in [0, 0.1) is 0 Å². The molecule has 1 N–H and O–H groups in total. The number of rotatable bonds is 7. The Morgan fingerprint density at radius 1 is 0.974 bits per heavy atom. The van der Waals surface area contributed by atoms with E-state index >= 15 is 0 Å². The van der Waals surface area contributed by atoms with Crippen molar-refractivity contribution in [3.8, 4) is 32.8 Å². The first-order chi connectivity index (χ1) is 18.4. The van der Waals surface area contributed by atoms with Crippen LogP contribution in [0.15, 0.2) is 79.0 Å². The molecular formula is C31H29ClN2O3S2. The normalized spacial score (nSPS) is 13.1. The fraction of sp³-hybridized carbons (Fsp3) is 0.226. The van der Waals surface area contributed by atoms with Gasteiger partial charge in [-0.3, -0.25) is 4.98 Å². The van der Waals surface area contributed by atoms with Crippen molar-refractivity contribution in [3.63, 3.8) is 0 Å². The van der Waals surface area contributed by atoms with E-state index in [1.165, 1.54) is 17.6 Å². The van der Waals surface area contributed by atoms with Crippen LogP contribution in [0.3, 0.4) is 0 Å². The van der Waals surface area contributed by atoms with E-state index in [-0.39, 0.29) is 11.7 Å². The summed E-state index contributed by atoms with van der Waals surface area (Å²) in [4.78, 5) is 10.5. The van der Waals surface area contributed by atoms with E-state index in [2.05, 4.69) is 11.1 Å². The molecule has 0 bridgehead atoms. The molecule has 3 aromatic carbocycles. The number of pyridine rings is 1. The van der Waals surface area contributed by atoms with Crippen LogP contribution in [0.25, 0.3) is 43.7 Å². The highest BCUT2D eigenvalue weighted by atomic mass is 35.5. The van der Waals surface area contributed by atoms with Crippen LogP contribution in [-0.4, -0.2) is 35.5 Å². The molecule has 39 heavy (non-hydrogen) atoms. The molecule has 8 heteroatoms. The molecule has 0 radical (unpaired) electrons. The van der Waals surface area contributed by atoms with Crippen LogP contribution in [0.2, 0.25) is 5.02 Å². The fourth-order valence-corrected chi connectivity index (χ4v) is 7.00. The monoisotopic (exact) mass is 576 g/mol. The highest BCUT2D eigenvalue weighted by molar-refractivity contribution is 7.90. The zero-order chi connectivity index (χ0) is 27.9. The van der Waals surface area contributed by atoms with Crippen molar-refractivity contribution in [1.29, 1.82) is 0 Å². The Bertz CT molecular complexity index is 1770. The number of halogens is 1. The number of hydrogen-bond acceptors (Lipinski definition) is 6. The van der Waals surface area contributed by atoms with Crippen molar-refractivity contribution in [2.24, 2.45) is 0 Å². The second-order valence-corrected chi connectivity index (χ2v) is 14.1. The molecule has 0 spiro atoms. The number of thiazole rings is 1. The van der Waals surface area contributed by atoms with Gasteiger partial charge in [-0.1, -0.05) is 54.9 Å². The van der Waals surface area contributed by atoms with Crippen molar-refractivity contribution in [3.05, 3.63) is 94.6 Å². The Kier molecular flexibility index (Phi) is 7.37. The predicted molar refractivity (Wildman–Crippen MR) is 162 cm³/mol. The van der Waals surface area contributed by atoms with Crippen molar-refractivity contribution in [1.82, 2.24) is 9.97 Å². The molecule has 0 amide bonds. The zero-order valence-electron chi connectivity index (χ0n) is 22.1. The summed E-state index contributed by atoms with van der Waals surface area (Å²) < 4.78 is 24.1. The van der Waals surface area contributed by atoms with Gasteiger partial charge in [-0.15, -0.1) is 11.3 Å². The van der Waals surface area contributed by atoms with Crippen molar-refractivity contribution in [2.75, 3.05) is 12.0 Å². The Morgan fingerprint density at radius 2 is 1.69 bits per heavy atom. The lowest BCUT2D eigenvalue weighted by atomic mass is 9.93. The van der Waals surface area contributed by atoms with E-state index in [0.29, 0.717) is 10.0 Å². The minimum absolute atomic E-state index is 0.0707. The predicted octanol–water partition coefficient (Wildman–Crippen LogP) is 7.72. The summed E-state index contributed by atoms with van der Waals surface area (Å²) in [5.74, 6) is -0.0998. The number of fused-ring (bicyclic) bond motifs is 1. The Balaban J connectivity index is 1.68. The lowest BCUT2D eigenvalue weighted by molar-refractivity contribution is 0.0783. The standard InChI is InChI=1S/C31H29ClN2O3S2/c1-19(18-39(4,36)37)24-16-22-9-6-14-33-27(22)26(17-24)21-7-5-8-23(15-21)28-29(20-10-12-25(32)13-11-20)38-30(34-28)31(2,3)35/h5-17,19,35H,18H2,1-4H3. The second-order valence-electron chi connectivity index (χ2n) is 10.5.